The second-order valence-corrected chi connectivity index (χ2v) is 4.76. The summed E-state index contributed by atoms with van der Waals surface area (Å²) in [6.45, 7) is 1.61. The van der Waals surface area contributed by atoms with Gasteiger partial charge >= 0.3 is 5.97 Å². The van der Waals surface area contributed by atoms with Crippen LogP contribution in [0.1, 0.15) is 24.1 Å². The molecule has 1 aliphatic rings. The van der Waals surface area contributed by atoms with Crippen LogP contribution in [0.2, 0.25) is 0 Å². The van der Waals surface area contributed by atoms with Gasteiger partial charge in [-0.15, -0.1) is 11.3 Å². The van der Waals surface area contributed by atoms with E-state index in [1.54, 1.807) is 16.8 Å². The molecule has 1 saturated heterocycles. The highest BCUT2D eigenvalue weighted by Gasteiger charge is 2.28. The minimum atomic E-state index is -0.695. The minimum absolute atomic E-state index is 0.305. The minimum Gasteiger partial charge on any atom is -0.480 e. The first-order chi connectivity index (χ1) is 7.27. The number of piperidine rings is 1. The van der Waals surface area contributed by atoms with Gasteiger partial charge in [-0.05, 0) is 19.4 Å². The van der Waals surface area contributed by atoms with Crippen LogP contribution < -0.4 is 0 Å². The summed E-state index contributed by atoms with van der Waals surface area (Å²) in [5, 5.41) is 9.08. The lowest BCUT2D eigenvalue weighted by atomic mass is 10.0. The zero-order valence-electron chi connectivity index (χ0n) is 8.43. The Balaban J connectivity index is 2.02. The topological polar surface area (TPSA) is 53.4 Å². The summed E-state index contributed by atoms with van der Waals surface area (Å²) in [7, 11) is 0. The fourth-order valence-corrected chi connectivity index (χ4v) is 2.60. The quantitative estimate of drug-likeness (QED) is 0.850. The summed E-state index contributed by atoms with van der Waals surface area (Å²) in [6, 6.07) is -0.305. The van der Waals surface area contributed by atoms with Crippen molar-refractivity contribution in [2.75, 3.05) is 6.54 Å². The van der Waals surface area contributed by atoms with Crippen LogP contribution in [0.3, 0.4) is 0 Å². The number of thiazole rings is 1. The standard InChI is InChI=1S/C10H14N2O2S/c13-10(14)9-3-1-2-4-12(9)6-8-5-11-7-15-8/h5,7,9H,1-4,6H2,(H,13,14)/t9-/m1/s1. The van der Waals surface area contributed by atoms with Crippen LogP contribution in [0.25, 0.3) is 0 Å². The number of nitrogens with zero attached hydrogens (tertiary/aromatic N) is 2. The lowest BCUT2D eigenvalue weighted by molar-refractivity contribution is -0.144. The second kappa shape index (κ2) is 4.72. The number of carboxylic acids is 1. The van der Waals surface area contributed by atoms with Crippen molar-refractivity contribution in [3.05, 3.63) is 16.6 Å². The summed E-state index contributed by atoms with van der Waals surface area (Å²) < 4.78 is 0. The lowest BCUT2D eigenvalue weighted by Gasteiger charge is -2.32. The number of hydrogen-bond donors (Lipinski definition) is 1. The van der Waals surface area contributed by atoms with Gasteiger partial charge in [0.25, 0.3) is 0 Å². The highest BCUT2D eigenvalue weighted by molar-refractivity contribution is 7.09. The summed E-state index contributed by atoms with van der Waals surface area (Å²) in [5.41, 5.74) is 1.79. The highest BCUT2D eigenvalue weighted by atomic mass is 32.1. The van der Waals surface area contributed by atoms with E-state index in [-0.39, 0.29) is 6.04 Å². The van der Waals surface area contributed by atoms with Gasteiger partial charge in [-0.1, -0.05) is 6.42 Å². The van der Waals surface area contributed by atoms with Gasteiger partial charge < -0.3 is 5.11 Å². The molecule has 2 heterocycles. The normalized spacial score (nSPS) is 22.8. The maximum absolute atomic E-state index is 11.0. The van der Waals surface area contributed by atoms with Crippen molar-refractivity contribution in [1.82, 2.24) is 9.88 Å². The Kier molecular flexibility index (Phi) is 3.33. The van der Waals surface area contributed by atoms with Gasteiger partial charge in [0, 0.05) is 17.6 Å². The maximum atomic E-state index is 11.0. The molecule has 0 unspecified atom stereocenters. The molecule has 1 aromatic rings. The molecule has 1 N–H and O–H groups in total. The molecule has 4 nitrogen and oxygen atoms in total. The van der Waals surface area contributed by atoms with E-state index in [4.69, 9.17) is 5.11 Å². The Morgan fingerprint density at radius 3 is 3.20 bits per heavy atom. The first kappa shape index (κ1) is 10.6. The van der Waals surface area contributed by atoms with E-state index in [0.717, 1.165) is 37.2 Å². The Bertz CT molecular complexity index is 326. The summed E-state index contributed by atoms with van der Waals surface area (Å²) in [6.07, 6.45) is 4.71. The number of likely N-dealkylation sites (tertiary alicyclic amines) is 1. The van der Waals surface area contributed by atoms with E-state index in [0.29, 0.717) is 0 Å². The van der Waals surface area contributed by atoms with E-state index in [1.165, 1.54) is 0 Å². The number of hydrogen-bond acceptors (Lipinski definition) is 4. The molecule has 1 fully saturated rings. The molecule has 1 aliphatic heterocycles. The first-order valence-electron chi connectivity index (χ1n) is 5.11. The third kappa shape index (κ3) is 2.54. The highest BCUT2D eigenvalue weighted by Crippen LogP contribution is 2.20. The molecule has 1 atom stereocenters. The third-order valence-corrected chi connectivity index (χ3v) is 3.51. The van der Waals surface area contributed by atoms with Gasteiger partial charge in [0.05, 0.1) is 5.51 Å². The molecular weight excluding hydrogens is 212 g/mol. The molecule has 1 aromatic heterocycles. The molecule has 0 aliphatic carbocycles. The van der Waals surface area contributed by atoms with Crippen molar-refractivity contribution in [3.8, 4) is 0 Å². The van der Waals surface area contributed by atoms with E-state index in [9.17, 15) is 4.79 Å². The molecule has 0 bridgehead atoms. The van der Waals surface area contributed by atoms with Crippen molar-refractivity contribution in [2.45, 2.75) is 31.8 Å². The Hall–Kier alpha value is -0.940. The number of rotatable bonds is 3. The van der Waals surface area contributed by atoms with E-state index in [2.05, 4.69) is 4.98 Å². The van der Waals surface area contributed by atoms with Gasteiger partial charge in [0.1, 0.15) is 6.04 Å². The molecule has 82 valence electrons. The van der Waals surface area contributed by atoms with E-state index >= 15 is 0 Å². The van der Waals surface area contributed by atoms with Crippen molar-refractivity contribution in [3.63, 3.8) is 0 Å². The van der Waals surface area contributed by atoms with Crippen LogP contribution in [0.5, 0.6) is 0 Å². The molecule has 0 radical (unpaired) electrons. The fourth-order valence-electron chi connectivity index (χ4n) is 1.98. The molecule has 0 spiro atoms. The van der Waals surface area contributed by atoms with Crippen LogP contribution in [-0.4, -0.2) is 33.5 Å². The number of carboxylic acid groups (broad SMARTS) is 1. The maximum Gasteiger partial charge on any atom is 0.320 e. The SMILES string of the molecule is O=C(O)[C@H]1CCCCN1Cc1cncs1. The predicted octanol–water partition coefficient (Wildman–Crippen LogP) is 1.58. The molecule has 0 aromatic carbocycles. The van der Waals surface area contributed by atoms with Crippen LogP contribution >= 0.6 is 11.3 Å². The molecule has 15 heavy (non-hydrogen) atoms. The molecule has 0 amide bonds. The zero-order valence-corrected chi connectivity index (χ0v) is 9.24. The third-order valence-electron chi connectivity index (χ3n) is 2.74. The summed E-state index contributed by atoms with van der Waals surface area (Å²) in [4.78, 5) is 18.2. The average Bonchev–Trinajstić information content (AvgIpc) is 2.71. The van der Waals surface area contributed by atoms with Crippen molar-refractivity contribution in [1.29, 1.82) is 0 Å². The second-order valence-electron chi connectivity index (χ2n) is 3.79. The molecule has 0 saturated carbocycles. The lowest BCUT2D eigenvalue weighted by Crippen LogP contribution is -2.43. The van der Waals surface area contributed by atoms with Crippen LogP contribution in [0, 0.1) is 0 Å². The number of aliphatic carboxylic acids is 1. The van der Waals surface area contributed by atoms with Gasteiger partial charge in [0.15, 0.2) is 0 Å². The van der Waals surface area contributed by atoms with E-state index < -0.39 is 5.97 Å². The Morgan fingerprint density at radius 1 is 1.67 bits per heavy atom. The Labute approximate surface area is 92.6 Å². The van der Waals surface area contributed by atoms with Crippen LogP contribution in [0.4, 0.5) is 0 Å². The van der Waals surface area contributed by atoms with Gasteiger partial charge in [-0.25, -0.2) is 0 Å². The first-order valence-corrected chi connectivity index (χ1v) is 5.99. The van der Waals surface area contributed by atoms with Crippen molar-refractivity contribution >= 4 is 17.3 Å². The van der Waals surface area contributed by atoms with Crippen molar-refractivity contribution in [2.24, 2.45) is 0 Å². The summed E-state index contributed by atoms with van der Waals surface area (Å²) in [5.74, 6) is -0.695. The Morgan fingerprint density at radius 2 is 2.53 bits per heavy atom. The predicted molar refractivity (Wildman–Crippen MR) is 57.8 cm³/mol. The van der Waals surface area contributed by atoms with Gasteiger partial charge in [-0.3, -0.25) is 14.7 Å². The van der Waals surface area contributed by atoms with Gasteiger partial charge in [0.2, 0.25) is 0 Å². The summed E-state index contributed by atoms with van der Waals surface area (Å²) >= 11 is 1.58. The zero-order chi connectivity index (χ0) is 10.7. The smallest absolute Gasteiger partial charge is 0.320 e. The van der Waals surface area contributed by atoms with Gasteiger partial charge in [-0.2, -0.15) is 0 Å². The number of aromatic nitrogens is 1. The molecular formula is C10H14N2O2S. The fraction of sp³-hybridized carbons (Fsp3) is 0.600. The monoisotopic (exact) mass is 226 g/mol. The average molecular weight is 226 g/mol. The molecule has 5 heteroatoms. The van der Waals surface area contributed by atoms with E-state index in [1.807, 2.05) is 11.1 Å². The molecule has 2 rings (SSSR count). The van der Waals surface area contributed by atoms with Crippen molar-refractivity contribution < 1.29 is 9.90 Å². The van der Waals surface area contributed by atoms with Crippen LogP contribution in [0.15, 0.2) is 11.7 Å². The number of carbonyl (C=O) groups is 1. The largest absolute Gasteiger partial charge is 0.480 e. The van der Waals surface area contributed by atoms with Crippen LogP contribution in [-0.2, 0) is 11.3 Å².